The summed E-state index contributed by atoms with van der Waals surface area (Å²) in [6.07, 6.45) is 6.54. The molecule has 128 valence electrons. The first-order valence-electron chi connectivity index (χ1n) is 8.15. The van der Waals surface area contributed by atoms with Crippen molar-refractivity contribution in [2.75, 3.05) is 0 Å². The van der Waals surface area contributed by atoms with Crippen LogP contribution < -0.4 is 14.9 Å². The van der Waals surface area contributed by atoms with Gasteiger partial charge in [0.15, 0.2) is 0 Å². The normalized spacial score (nSPS) is 14.7. The van der Waals surface area contributed by atoms with Crippen LogP contribution >= 0.6 is 11.3 Å². The van der Waals surface area contributed by atoms with Crippen LogP contribution in [-0.4, -0.2) is 21.6 Å². The Kier molecular flexibility index (Phi) is 5.30. The minimum atomic E-state index is -0.186. The fourth-order valence-corrected chi connectivity index (χ4v) is 3.53. The average Bonchev–Trinajstić information content (AvgIpc) is 3.18. The van der Waals surface area contributed by atoms with E-state index in [0.29, 0.717) is 12.4 Å². The molecule has 1 aliphatic carbocycles. The summed E-state index contributed by atoms with van der Waals surface area (Å²) < 4.78 is 7.34. The summed E-state index contributed by atoms with van der Waals surface area (Å²) in [5.41, 5.74) is 1.73. The van der Waals surface area contributed by atoms with Gasteiger partial charge < -0.3 is 10.1 Å². The molecule has 0 radical (unpaired) electrons. The van der Waals surface area contributed by atoms with Crippen molar-refractivity contribution in [1.82, 2.24) is 14.9 Å². The summed E-state index contributed by atoms with van der Waals surface area (Å²) in [5, 5.41) is 4.59. The minimum absolute atomic E-state index is 0.0463. The van der Waals surface area contributed by atoms with Crippen LogP contribution in [0, 0.1) is 6.92 Å². The average molecular weight is 347 g/mol. The number of aromatic nitrogens is 2. The van der Waals surface area contributed by atoms with Gasteiger partial charge in [-0.2, -0.15) is 0 Å². The lowest BCUT2D eigenvalue weighted by Gasteiger charge is -2.13. The van der Waals surface area contributed by atoms with Crippen molar-refractivity contribution in [3.05, 3.63) is 44.6 Å². The van der Waals surface area contributed by atoms with E-state index in [0.717, 1.165) is 35.4 Å². The molecule has 2 heterocycles. The van der Waals surface area contributed by atoms with Crippen molar-refractivity contribution in [1.29, 1.82) is 0 Å². The molecule has 3 rings (SSSR count). The number of nitrogens with one attached hydrogen (secondary N) is 1. The summed E-state index contributed by atoms with van der Waals surface area (Å²) in [4.78, 5) is 27.8. The van der Waals surface area contributed by atoms with Gasteiger partial charge in [-0.3, -0.25) is 14.2 Å². The van der Waals surface area contributed by atoms with E-state index in [1.54, 1.807) is 11.6 Å². The van der Waals surface area contributed by atoms with Crippen molar-refractivity contribution < 1.29 is 9.53 Å². The maximum absolute atomic E-state index is 12.0. The number of thiazole rings is 1. The lowest BCUT2D eigenvalue weighted by Crippen LogP contribution is -2.30. The third-order valence-corrected chi connectivity index (χ3v) is 5.04. The van der Waals surface area contributed by atoms with Gasteiger partial charge >= 0.3 is 4.87 Å². The number of nitrogens with zero attached hydrogens (tertiary/aromatic N) is 2. The number of aryl methyl sites for hydroxylation is 1. The Morgan fingerprint density at radius 2 is 2.25 bits per heavy atom. The zero-order valence-electron chi connectivity index (χ0n) is 13.7. The quantitative estimate of drug-likeness (QED) is 0.870. The van der Waals surface area contributed by atoms with Gasteiger partial charge in [0, 0.05) is 29.9 Å². The molecule has 0 atom stereocenters. The van der Waals surface area contributed by atoms with Gasteiger partial charge in [-0.15, -0.1) is 0 Å². The van der Waals surface area contributed by atoms with E-state index < -0.39 is 0 Å². The van der Waals surface area contributed by atoms with E-state index in [2.05, 4.69) is 10.3 Å². The molecular weight excluding hydrogens is 326 g/mol. The molecule has 1 N–H and O–H groups in total. The molecule has 7 heteroatoms. The number of ether oxygens (including phenoxy) is 1. The Morgan fingerprint density at radius 3 is 2.96 bits per heavy atom. The SMILES string of the molecule is Cc1csc(=O)n1CC(=O)NCc1ccnc(OC2CCCC2)c1. The predicted octanol–water partition coefficient (Wildman–Crippen LogP) is 2.25. The molecule has 1 fully saturated rings. The summed E-state index contributed by atoms with van der Waals surface area (Å²) in [5.74, 6) is 0.423. The molecule has 2 aromatic heterocycles. The fraction of sp³-hybridized carbons (Fsp3) is 0.471. The number of hydrogen-bond donors (Lipinski definition) is 1. The van der Waals surface area contributed by atoms with Crippen molar-refractivity contribution in [2.24, 2.45) is 0 Å². The Bertz CT molecular complexity index is 762. The Labute approximate surface area is 144 Å². The van der Waals surface area contributed by atoms with Crippen LogP contribution in [0.3, 0.4) is 0 Å². The first-order valence-corrected chi connectivity index (χ1v) is 9.03. The van der Waals surface area contributed by atoms with Crippen LogP contribution in [0.15, 0.2) is 28.5 Å². The Balaban J connectivity index is 1.54. The van der Waals surface area contributed by atoms with Gasteiger partial charge in [0.2, 0.25) is 11.8 Å². The van der Waals surface area contributed by atoms with Gasteiger partial charge in [0.25, 0.3) is 0 Å². The molecule has 1 saturated carbocycles. The topological polar surface area (TPSA) is 73.2 Å². The number of pyridine rings is 1. The van der Waals surface area contributed by atoms with Crippen molar-refractivity contribution in [3.63, 3.8) is 0 Å². The second-order valence-corrected chi connectivity index (χ2v) is 6.85. The molecule has 2 aromatic rings. The Morgan fingerprint density at radius 1 is 1.46 bits per heavy atom. The highest BCUT2D eigenvalue weighted by Crippen LogP contribution is 2.23. The number of carbonyl (C=O) groups excluding carboxylic acids is 1. The van der Waals surface area contributed by atoms with Crippen LogP contribution in [0.5, 0.6) is 5.88 Å². The second-order valence-electron chi connectivity index (χ2n) is 6.03. The number of carbonyl (C=O) groups is 1. The zero-order valence-corrected chi connectivity index (χ0v) is 14.5. The highest BCUT2D eigenvalue weighted by atomic mass is 32.1. The van der Waals surface area contributed by atoms with Crippen LogP contribution in [0.2, 0.25) is 0 Å². The lowest BCUT2D eigenvalue weighted by atomic mass is 10.2. The molecule has 0 aliphatic heterocycles. The second kappa shape index (κ2) is 7.61. The minimum Gasteiger partial charge on any atom is -0.474 e. The molecule has 0 saturated heterocycles. The standard InChI is InChI=1S/C17H21N3O3S/c1-12-11-24-17(22)20(12)10-15(21)19-9-13-6-7-18-16(8-13)23-14-4-2-3-5-14/h6-8,11,14H,2-5,9-10H2,1H3,(H,19,21). The third kappa shape index (κ3) is 4.23. The van der Waals surface area contributed by atoms with E-state index in [-0.39, 0.29) is 23.4 Å². The van der Waals surface area contributed by atoms with Crippen LogP contribution in [0.4, 0.5) is 0 Å². The van der Waals surface area contributed by atoms with Crippen molar-refractivity contribution >= 4 is 17.2 Å². The van der Waals surface area contributed by atoms with E-state index in [1.807, 2.05) is 19.1 Å². The van der Waals surface area contributed by atoms with E-state index in [1.165, 1.54) is 17.4 Å². The lowest BCUT2D eigenvalue weighted by molar-refractivity contribution is -0.121. The van der Waals surface area contributed by atoms with Crippen LogP contribution in [-0.2, 0) is 17.9 Å². The summed E-state index contributed by atoms with van der Waals surface area (Å²) in [6, 6.07) is 3.71. The largest absolute Gasteiger partial charge is 0.474 e. The van der Waals surface area contributed by atoms with Gasteiger partial charge in [0.1, 0.15) is 12.6 Å². The molecule has 0 spiro atoms. The van der Waals surface area contributed by atoms with Gasteiger partial charge in [-0.25, -0.2) is 4.98 Å². The van der Waals surface area contributed by atoms with E-state index in [9.17, 15) is 9.59 Å². The van der Waals surface area contributed by atoms with Crippen LogP contribution in [0.1, 0.15) is 36.9 Å². The molecular formula is C17H21N3O3S. The maximum atomic E-state index is 12.0. The number of amides is 1. The first-order chi connectivity index (χ1) is 11.6. The number of hydrogen-bond acceptors (Lipinski definition) is 5. The summed E-state index contributed by atoms with van der Waals surface area (Å²) >= 11 is 1.11. The van der Waals surface area contributed by atoms with Crippen molar-refractivity contribution in [3.8, 4) is 5.88 Å². The molecule has 1 amide bonds. The van der Waals surface area contributed by atoms with E-state index in [4.69, 9.17) is 4.74 Å². The zero-order chi connectivity index (χ0) is 16.9. The van der Waals surface area contributed by atoms with Gasteiger partial charge in [-0.05, 0) is 44.2 Å². The molecule has 0 aromatic carbocycles. The highest BCUT2D eigenvalue weighted by molar-refractivity contribution is 7.07. The maximum Gasteiger partial charge on any atom is 0.307 e. The van der Waals surface area contributed by atoms with Crippen LogP contribution in [0.25, 0.3) is 0 Å². The molecule has 24 heavy (non-hydrogen) atoms. The molecule has 0 bridgehead atoms. The number of rotatable bonds is 6. The first kappa shape index (κ1) is 16.7. The summed E-state index contributed by atoms with van der Waals surface area (Å²) in [7, 11) is 0. The van der Waals surface area contributed by atoms with E-state index >= 15 is 0 Å². The van der Waals surface area contributed by atoms with Gasteiger partial charge in [0.05, 0.1) is 0 Å². The third-order valence-electron chi connectivity index (χ3n) is 4.16. The fourth-order valence-electron chi connectivity index (χ4n) is 2.80. The Hall–Kier alpha value is -2.15. The monoisotopic (exact) mass is 347 g/mol. The molecule has 0 unspecified atom stereocenters. The summed E-state index contributed by atoms with van der Waals surface area (Å²) in [6.45, 7) is 2.26. The smallest absolute Gasteiger partial charge is 0.307 e. The van der Waals surface area contributed by atoms with Crippen molar-refractivity contribution in [2.45, 2.75) is 51.8 Å². The van der Waals surface area contributed by atoms with Gasteiger partial charge in [-0.1, -0.05) is 11.3 Å². The molecule has 6 nitrogen and oxygen atoms in total. The predicted molar refractivity (Wildman–Crippen MR) is 92.3 cm³/mol. The highest BCUT2D eigenvalue weighted by Gasteiger charge is 2.17. The molecule has 1 aliphatic rings.